The maximum atomic E-state index is 14.0. The number of ether oxygens (including phenoxy) is 1. The molecule has 4 aromatic rings. The van der Waals surface area contributed by atoms with Crippen LogP contribution in [0.25, 0.3) is 21.7 Å². The van der Waals surface area contributed by atoms with E-state index in [4.69, 9.17) is 9.84 Å². The van der Waals surface area contributed by atoms with Crippen LogP contribution >= 0.6 is 34.6 Å². The fourth-order valence-corrected chi connectivity index (χ4v) is 5.00. The minimum absolute atomic E-state index is 0.237. The van der Waals surface area contributed by atoms with E-state index < -0.39 is 17.3 Å². The van der Waals surface area contributed by atoms with Gasteiger partial charge in [0.1, 0.15) is 21.6 Å². The van der Waals surface area contributed by atoms with Gasteiger partial charge in [-0.05, 0) is 34.0 Å². The van der Waals surface area contributed by atoms with Crippen LogP contribution in [0.2, 0.25) is 0 Å². The van der Waals surface area contributed by atoms with Crippen molar-refractivity contribution in [3.05, 3.63) is 70.0 Å². The van der Waals surface area contributed by atoms with Gasteiger partial charge in [-0.1, -0.05) is 24.3 Å². The smallest absolute Gasteiger partial charge is 0.338 e. The van der Waals surface area contributed by atoms with Crippen molar-refractivity contribution in [2.45, 2.75) is 5.03 Å². The number of aromatic carboxylic acids is 1. The number of thiophene rings is 1. The topological polar surface area (TPSA) is 71.5 Å². The zero-order valence-corrected chi connectivity index (χ0v) is 18.0. The molecule has 0 bridgehead atoms. The van der Waals surface area contributed by atoms with E-state index in [2.05, 4.69) is 38.7 Å². The number of anilines is 1. The summed E-state index contributed by atoms with van der Waals surface area (Å²) in [6.45, 7) is 0. The molecule has 2 aromatic heterocycles. The Morgan fingerprint density at radius 1 is 1.13 bits per heavy atom. The van der Waals surface area contributed by atoms with Crippen LogP contribution in [0, 0.1) is 5.82 Å². The van der Waals surface area contributed by atoms with Crippen LogP contribution < -0.4 is 9.46 Å². The zero-order chi connectivity index (χ0) is 21.1. The Morgan fingerprint density at radius 3 is 2.57 bits per heavy atom. The van der Waals surface area contributed by atoms with Gasteiger partial charge in [0, 0.05) is 29.0 Å². The second kappa shape index (κ2) is 8.86. The van der Waals surface area contributed by atoms with E-state index in [-0.39, 0.29) is 5.75 Å². The van der Waals surface area contributed by atoms with Crippen LogP contribution in [-0.2, 0) is 0 Å². The van der Waals surface area contributed by atoms with Gasteiger partial charge in [0.05, 0.1) is 18.4 Å². The quantitative estimate of drug-likeness (QED) is 0.308. The van der Waals surface area contributed by atoms with Crippen molar-refractivity contribution in [2.75, 3.05) is 11.8 Å². The maximum Gasteiger partial charge on any atom is 0.338 e. The molecule has 0 aliphatic rings. The van der Waals surface area contributed by atoms with Gasteiger partial charge in [-0.3, -0.25) is 0 Å². The van der Waals surface area contributed by atoms with Gasteiger partial charge in [0.2, 0.25) is 0 Å². The number of carboxylic acids is 1. The van der Waals surface area contributed by atoms with Crippen LogP contribution in [0.3, 0.4) is 0 Å². The van der Waals surface area contributed by atoms with Crippen LogP contribution in [0.15, 0.2) is 63.6 Å². The number of thiazole rings is 1. The van der Waals surface area contributed by atoms with Gasteiger partial charge in [0.15, 0.2) is 0 Å². The molecule has 2 aromatic carbocycles. The third-order valence-corrected chi connectivity index (χ3v) is 6.72. The molecule has 0 amide bonds. The first-order valence-electron chi connectivity index (χ1n) is 8.67. The van der Waals surface area contributed by atoms with E-state index in [0.29, 0.717) is 10.7 Å². The molecule has 5 nitrogen and oxygen atoms in total. The third kappa shape index (κ3) is 4.33. The standard InChI is InChI=1S/C21H15FN2O3S3/c1-27-18-8-15(21(25)26)16(22)9-17(18)24-30-19-11-29-20(23-19)13-4-2-12(3-5-13)14-6-7-28-10-14/h2-11,24H,1H3,(H,25,26). The minimum Gasteiger partial charge on any atom is -0.495 e. The molecule has 30 heavy (non-hydrogen) atoms. The summed E-state index contributed by atoms with van der Waals surface area (Å²) in [5, 5.41) is 16.7. The van der Waals surface area contributed by atoms with Crippen molar-refractivity contribution in [1.29, 1.82) is 0 Å². The van der Waals surface area contributed by atoms with Crippen LogP contribution in [-0.4, -0.2) is 23.2 Å². The fourth-order valence-electron chi connectivity index (χ4n) is 2.75. The molecular weight excluding hydrogens is 443 g/mol. The Balaban J connectivity index is 1.48. The molecule has 4 rings (SSSR count). The second-order valence-electron chi connectivity index (χ2n) is 6.12. The number of methoxy groups -OCH3 is 1. The molecule has 2 heterocycles. The highest BCUT2D eigenvalue weighted by molar-refractivity contribution is 8.00. The van der Waals surface area contributed by atoms with Gasteiger partial charge in [-0.25, -0.2) is 14.2 Å². The highest BCUT2D eigenvalue weighted by atomic mass is 32.2. The van der Waals surface area contributed by atoms with Crippen LogP contribution in [0.4, 0.5) is 10.1 Å². The van der Waals surface area contributed by atoms with Crippen molar-refractivity contribution in [2.24, 2.45) is 0 Å². The molecule has 0 saturated carbocycles. The first-order valence-corrected chi connectivity index (χ1v) is 11.3. The largest absolute Gasteiger partial charge is 0.495 e. The molecule has 2 N–H and O–H groups in total. The van der Waals surface area contributed by atoms with E-state index in [1.165, 1.54) is 36.0 Å². The van der Waals surface area contributed by atoms with Gasteiger partial charge in [0.25, 0.3) is 0 Å². The van der Waals surface area contributed by atoms with Crippen LogP contribution in [0.5, 0.6) is 5.75 Å². The molecule has 0 radical (unpaired) electrons. The molecule has 0 fully saturated rings. The van der Waals surface area contributed by atoms with Crippen LogP contribution in [0.1, 0.15) is 10.4 Å². The Labute approximate surface area is 184 Å². The summed E-state index contributed by atoms with van der Waals surface area (Å²) in [4.78, 5) is 15.7. The van der Waals surface area contributed by atoms with Crippen molar-refractivity contribution >= 4 is 46.3 Å². The number of carbonyl (C=O) groups is 1. The number of carboxylic acid groups (broad SMARTS) is 1. The summed E-state index contributed by atoms with van der Waals surface area (Å²) >= 11 is 4.37. The summed E-state index contributed by atoms with van der Waals surface area (Å²) in [6.07, 6.45) is 0. The van der Waals surface area contributed by atoms with Crippen molar-refractivity contribution in [3.63, 3.8) is 0 Å². The molecule has 152 valence electrons. The van der Waals surface area contributed by atoms with Crippen molar-refractivity contribution in [1.82, 2.24) is 4.98 Å². The number of nitrogens with one attached hydrogen (secondary N) is 1. The number of aromatic nitrogens is 1. The molecular formula is C21H15FN2O3S3. The lowest BCUT2D eigenvalue weighted by molar-refractivity contribution is 0.0691. The fraction of sp³-hybridized carbons (Fsp3) is 0.0476. The average molecular weight is 459 g/mol. The number of halogens is 1. The first kappa shape index (κ1) is 20.4. The lowest BCUT2D eigenvalue weighted by atomic mass is 10.1. The Morgan fingerprint density at radius 2 is 1.90 bits per heavy atom. The molecule has 9 heteroatoms. The monoisotopic (exact) mass is 458 g/mol. The van der Waals surface area contributed by atoms with E-state index in [0.717, 1.165) is 28.3 Å². The van der Waals surface area contributed by atoms with Crippen molar-refractivity contribution in [3.8, 4) is 27.4 Å². The maximum absolute atomic E-state index is 14.0. The predicted octanol–water partition coefficient (Wildman–Crippen LogP) is 6.50. The van der Waals surface area contributed by atoms with Gasteiger partial charge in [-0.2, -0.15) is 11.3 Å². The lowest BCUT2D eigenvalue weighted by Gasteiger charge is -2.11. The van der Waals surface area contributed by atoms with Gasteiger partial charge < -0.3 is 14.6 Å². The molecule has 0 atom stereocenters. The number of hydrogen-bond acceptors (Lipinski definition) is 7. The summed E-state index contributed by atoms with van der Waals surface area (Å²) in [6, 6.07) is 12.6. The zero-order valence-electron chi connectivity index (χ0n) is 15.6. The Bertz CT molecular complexity index is 1170. The van der Waals surface area contributed by atoms with Crippen molar-refractivity contribution < 1.29 is 19.0 Å². The van der Waals surface area contributed by atoms with E-state index in [1.54, 1.807) is 11.3 Å². The molecule has 0 aliphatic heterocycles. The minimum atomic E-state index is -1.35. The first-order chi connectivity index (χ1) is 14.5. The predicted molar refractivity (Wildman–Crippen MR) is 120 cm³/mol. The number of benzene rings is 2. The number of hydrogen-bond donors (Lipinski definition) is 2. The Hall–Kier alpha value is -2.88. The molecule has 0 saturated heterocycles. The third-order valence-electron chi connectivity index (χ3n) is 4.25. The van der Waals surface area contributed by atoms with E-state index >= 15 is 0 Å². The van der Waals surface area contributed by atoms with Gasteiger partial charge >= 0.3 is 5.97 Å². The Kier molecular flexibility index (Phi) is 6.03. The number of rotatable bonds is 7. The average Bonchev–Trinajstić information content (AvgIpc) is 3.44. The van der Waals surface area contributed by atoms with E-state index in [9.17, 15) is 9.18 Å². The van der Waals surface area contributed by atoms with Gasteiger partial charge in [-0.15, -0.1) is 11.3 Å². The summed E-state index contributed by atoms with van der Waals surface area (Å²) in [5.41, 5.74) is 3.26. The highest BCUT2D eigenvalue weighted by Crippen LogP contribution is 2.34. The summed E-state index contributed by atoms with van der Waals surface area (Å²) in [7, 11) is 1.40. The number of nitrogens with zero attached hydrogens (tertiary/aromatic N) is 1. The lowest BCUT2D eigenvalue weighted by Crippen LogP contribution is -2.03. The molecule has 0 unspecified atom stereocenters. The molecule has 0 spiro atoms. The SMILES string of the molecule is COc1cc(C(=O)O)c(F)cc1NSc1csc(-c2ccc(-c3ccsc3)cc2)n1. The highest BCUT2D eigenvalue weighted by Gasteiger charge is 2.16. The summed E-state index contributed by atoms with van der Waals surface area (Å²) < 4.78 is 22.2. The summed E-state index contributed by atoms with van der Waals surface area (Å²) in [5.74, 6) is -1.95. The normalized spacial score (nSPS) is 10.7. The van der Waals surface area contributed by atoms with E-state index in [1.807, 2.05) is 17.5 Å². The molecule has 0 aliphatic carbocycles. The second-order valence-corrected chi connectivity index (χ2v) is 8.59.